The van der Waals surface area contributed by atoms with Crippen LogP contribution in [0.4, 0.5) is 0 Å². The van der Waals surface area contributed by atoms with Gasteiger partial charge in [-0.1, -0.05) is 51.9 Å². The van der Waals surface area contributed by atoms with Crippen molar-refractivity contribution < 1.29 is 0 Å². The highest BCUT2D eigenvalue weighted by molar-refractivity contribution is 4.82. The van der Waals surface area contributed by atoms with Gasteiger partial charge in [0.05, 0.1) is 6.17 Å². The molecule has 0 spiro atoms. The maximum atomic E-state index is 3.67. The molecule has 2 rings (SSSR count). The summed E-state index contributed by atoms with van der Waals surface area (Å²) >= 11 is 0. The molecular formula is C16H32N2. The first-order valence-corrected chi connectivity index (χ1v) is 8.26. The zero-order valence-electron chi connectivity index (χ0n) is 12.5. The van der Waals surface area contributed by atoms with Gasteiger partial charge in [0.25, 0.3) is 0 Å². The molecule has 1 heterocycles. The highest BCUT2D eigenvalue weighted by Crippen LogP contribution is 2.24. The fourth-order valence-electron chi connectivity index (χ4n) is 3.66. The highest BCUT2D eigenvalue weighted by atomic mass is 15.3. The Kier molecular flexibility index (Phi) is 5.97. The van der Waals surface area contributed by atoms with Crippen LogP contribution in [0.25, 0.3) is 0 Å². The van der Waals surface area contributed by atoms with Crippen molar-refractivity contribution in [2.45, 2.75) is 83.8 Å². The van der Waals surface area contributed by atoms with Gasteiger partial charge in [-0.05, 0) is 25.7 Å². The van der Waals surface area contributed by atoms with Crippen LogP contribution in [-0.2, 0) is 0 Å². The minimum Gasteiger partial charge on any atom is -0.302 e. The smallest absolute Gasteiger partial charge is 0.0570 e. The Hall–Kier alpha value is -0.0800. The Morgan fingerprint density at radius 1 is 0.833 bits per heavy atom. The van der Waals surface area contributed by atoms with E-state index in [1.54, 1.807) is 0 Å². The summed E-state index contributed by atoms with van der Waals surface area (Å²) in [6, 6.07) is 0.841. The number of rotatable bonds is 1. The van der Waals surface area contributed by atoms with E-state index in [2.05, 4.69) is 24.1 Å². The molecule has 2 nitrogen and oxygen atoms in total. The Bertz CT molecular complexity index is 219. The van der Waals surface area contributed by atoms with E-state index in [1.807, 2.05) is 0 Å². The Balaban J connectivity index is 1.89. The molecule has 2 aliphatic rings. The lowest BCUT2D eigenvalue weighted by molar-refractivity contribution is 0.0540. The molecule has 1 N–H and O–H groups in total. The molecular weight excluding hydrogens is 220 g/mol. The van der Waals surface area contributed by atoms with E-state index in [-0.39, 0.29) is 0 Å². The van der Waals surface area contributed by atoms with Crippen LogP contribution in [0.1, 0.15) is 71.6 Å². The molecule has 0 amide bonds. The van der Waals surface area contributed by atoms with Gasteiger partial charge in [-0.25, -0.2) is 0 Å². The van der Waals surface area contributed by atoms with Crippen LogP contribution >= 0.6 is 0 Å². The molecule has 18 heavy (non-hydrogen) atoms. The Labute approximate surface area is 114 Å². The normalized spacial score (nSPS) is 34.3. The van der Waals surface area contributed by atoms with E-state index in [4.69, 9.17) is 0 Å². The maximum Gasteiger partial charge on any atom is 0.0570 e. The molecule has 2 fully saturated rings. The van der Waals surface area contributed by atoms with Crippen molar-refractivity contribution in [3.05, 3.63) is 0 Å². The monoisotopic (exact) mass is 252 g/mol. The molecule has 1 saturated heterocycles. The summed E-state index contributed by atoms with van der Waals surface area (Å²) < 4.78 is 0. The molecule has 2 heteroatoms. The van der Waals surface area contributed by atoms with Crippen LogP contribution in [-0.4, -0.2) is 30.2 Å². The van der Waals surface area contributed by atoms with Crippen molar-refractivity contribution in [2.24, 2.45) is 5.92 Å². The van der Waals surface area contributed by atoms with Gasteiger partial charge in [-0.3, -0.25) is 4.90 Å². The largest absolute Gasteiger partial charge is 0.302 e. The van der Waals surface area contributed by atoms with E-state index >= 15 is 0 Å². The van der Waals surface area contributed by atoms with Gasteiger partial charge in [0.15, 0.2) is 0 Å². The average Bonchev–Trinajstić information content (AvgIpc) is 2.39. The highest BCUT2D eigenvalue weighted by Gasteiger charge is 2.28. The molecule has 0 radical (unpaired) electrons. The molecule has 2 atom stereocenters. The minimum atomic E-state index is 0.592. The molecule has 0 aromatic carbocycles. The maximum absolute atomic E-state index is 3.67. The molecule has 0 aromatic rings. The van der Waals surface area contributed by atoms with Crippen molar-refractivity contribution in [3.63, 3.8) is 0 Å². The third-order valence-electron chi connectivity index (χ3n) is 4.83. The minimum absolute atomic E-state index is 0.592. The van der Waals surface area contributed by atoms with E-state index < -0.39 is 0 Å². The average molecular weight is 252 g/mol. The van der Waals surface area contributed by atoms with Crippen LogP contribution in [0.5, 0.6) is 0 Å². The first-order valence-electron chi connectivity index (χ1n) is 8.26. The zero-order valence-corrected chi connectivity index (χ0v) is 12.5. The van der Waals surface area contributed by atoms with Crippen LogP contribution in [0.3, 0.4) is 0 Å². The molecule has 0 aromatic heterocycles. The fraction of sp³-hybridized carbons (Fsp3) is 1.00. The van der Waals surface area contributed by atoms with Gasteiger partial charge in [0.1, 0.15) is 0 Å². The SMILES string of the molecule is CC1CNC(C)N(C2CCCCCCCCC2)C1. The summed E-state index contributed by atoms with van der Waals surface area (Å²) in [5, 5.41) is 3.67. The summed E-state index contributed by atoms with van der Waals surface area (Å²) in [5.74, 6) is 0.816. The van der Waals surface area contributed by atoms with Crippen LogP contribution < -0.4 is 5.32 Å². The predicted octanol–water partition coefficient (Wildman–Crippen LogP) is 3.77. The molecule has 1 saturated carbocycles. The zero-order chi connectivity index (χ0) is 12.8. The topological polar surface area (TPSA) is 15.3 Å². The summed E-state index contributed by atoms with van der Waals surface area (Å²) in [4.78, 5) is 2.76. The summed E-state index contributed by atoms with van der Waals surface area (Å²) in [6.45, 7) is 7.24. The number of hydrogen-bond donors (Lipinski definition) is 1. The van der Waals surface area contributed by atoms with Crippen molar-refractivity contribution in [1.82, 2.24) is 10.2 Å². The van der Waals surface area contributed by atoms with Gasteiger partial charge in [-0.15, -0.1) is 0 Å². The first-order chi connectivity index (χ1) is 8.77. The molecule has 2 unspecified atom stereocenters. The Morgan fingerprint density at radius 3 is 2.00 bits per heavy atom. The third kappa shape index (κ3) is 4.24. The van der Waals surface area contributed by atoms with Crippen molar-refractivity contribution in [1.29, 1.82) is 0 Å². The van der Waals surface area contributed by atoms with Gasteiger partial charge in [-0.2, -0.15) is 0 Å². The van der Waals surface area contributed by atoms with E-state index in [9.17, 15) is 0 Å². The van der Waals surface area contributed by atoms with Crippen molar-refractivity contribution in [2.75, 3.05) is 13.1 Å². The van der Waals surface area contributed by atoms with Crippen molar-refractivity contribution >= 4 is 0 Å². The second-order valence-corrected chi connectivity index (χ2v) is 6.59. The van der Waals surface area contributed by atoms with Crippen LogP contribution in [0, 0.1) is 5.92 Å². The summed E-state index contributed by atoms with van der Waals surface area (Å²) in [6.07, 6.45) is 13.7. The van der Waals surface area contributed by atoms with Gasteiger partial charge >= 0.3 is 0 Å². The van der Waals surface area contributed by atoms with E-state index in [0.29, 0.717) is 6.17 Å². The fourth-order valence-corrected chi connectivity index (χ4v) is 3.66. The van der Waals surface area contributed by atoms with Crippen LogP contribution in [0.15, 0.2) is 0 Å². The lowest BCUT2D eigenvalue weighted by atomic mass is 9.94. The van der Waals surface area contributed by atoms with Crippen LogP contribution in [0.2, 0.25) is 0 Å². The number of hydrogen-bond acceptors (Lipinski definition) is 2. The standard InChI is InChI=1S/C16H32N2/c1-14-12-17-15(2)18(13-14)16-10-8-6-4-3-5-7-9-11-16/h14-17H,3-13H2,1-2H3. The molecule has 1 aliphatic heterocycles. The number of nitrogens with zero attached hydrogens (tertiary/aromatic N) is 1. The Morgan fingerprint density at radius 2 is 1.39 bits per heavy atom. The molecule has 0 bridgehead atoms. The van der Waals surface area contributed by atoms with Gasteiger partial charge < -0.3 is 5.32 Å². The van der Waals surface area contributed by atoms with E-state index in [1.165, 1.54) is 70.9 Å². The van der Waals surface area contributed by atoms with Gasteiger partial charge in [0.2, 0.25) is 0 Å². The van der Waals surface area contributed by atoms with Crippen molar-refractivity contribution in [3.8, 4) is 0 Å². The lowest BCUT2D eigenvalue weighted by Crippen LogP contribution is -2.56. The molecule has 1 aliphatic carbocycles. The van der Waals surface area contributed by atoms with Gasteiger partial charge in [0, 0.05) is 19.1 Å². The predicted molar refractivity (Wildman–Crippen MR) is 78.7 cm³/mol. The first kappa shape index (κ1) is 14.3. The quantitative estimate of drug-likeness (QED) is 0.764. The lowest BCUT2D eigenvalue weighted by Gasteiger charge is -2.43. The van der Waals surface area contributed by atoms with E-state index in [0.717, 1.165) is 12.0 Å². The third-order valence-corrected chi connectivity index (χ3v) is 4.83. The molecule has 106 valence electrons. The second-order valence-electron chi connectivity index (χ2n) is 6.59. The second kappa shape index (κ2) is 7.49. The summed E-state index contributed by atoms with van der Waals surface area (Å²) in [5.41, 5.74) is 0. The summed E-state index contributed by atoms with van der Waals surface area (Å²) in [7, 11) is 0. The number of nitrogens with one attached hydrogen (secondary N) is 1.